The van der Waals surface area contributed by atoms with Crippen molar-refractivity contribution in [2.75, 3.05) is 20.8 Å². The van der Waals surface area contributed by atoms with Gasteiger partial charge in [-0.05, 0) is 49.9 Å². The van der Waals surface area contributed by atoms with E-state index in [0.717, 1.165) is 28.9 Å². The van der Waals surface area contributed by atoms with Crippen molar-refractivity contribution < 1.29 is 28.9 Å². The topological polar surface area (TPSA) is 82.1 Å². The zero-order valence-corrected chi connectivity index (χ0v) is 19.1. The van der Waals surface area contributed by atoms with Crippen LogP contribution in [-0.4, -0.2) is 37.9 Å². The number of carbonyl (C=O) groups is 2. The van der Waals surface area contributed by atoms with Gasteiger partial charge in [0.05, 0.1) is 14.2 Å². The van der Waals surface area contributed by atoms with Gasteiger partial charge < -0.3 is 19.3 Å². The molecule has 0 aliphatic rings. The third-order valence-electron chi connectivity index (χ3n) is 3.23. The van der Waals surface area contributed by atoms with Gasteiger partial charge in [0.1, 0.15) is 11.5 Å². The molecule has 6 heteroatoms. The molecule has 0 spiro atoms. The average molecular weight is 399 g/mol. The Balaban J connectivity index is -0.000000440. The van der Waals surface area contributed by atoms with Gasteiger partial charge in [0.15, 0.2) is 6.61 Å². The number of carbonyl (C=O) groups excluding carboxylic acids is 1. The second-order valence-electron chi connectivity index (χ2n) is 4.99. The van der Waals surface area contributed by atoms with E-state index >= 15 is 0 Å². The summed E-state index contributed by atoms with van der Waals surface area (Å²) in [7, 11) is 2.97. The number of hydrogen-bond donors (Lipinski definition) is 1. The fraction of sp³-hybridized carbons (Fsp3) is 0.545. The number of methoxy groups -OCH3 is 2. The minimum atomic E-state index is -0.979. The van der Waals surface area contributed by atoms with Gasteiger partial charge in [0.2, 0.25) is 0 Å². The summed E-state index contributed by atoms with van der Waals surface area (Å²) < 4.78 is 14.8. The number of rotatable bonds is 6. The Morgan fingerprint density at radius 3 is 1.96 bits per heavy atom. The van der Waals surface area contributed by atoms with Crippen LogP contribution in [0.15, 0.2) is 18.2 Å². The molecule has 0 atom stereocenters. The summed E-state index contributed by atoms with van der Waals surface area (Å²) in [5, 5.41) is 8.58. The van der Waals surface area contributed by atoms with Crippen LogP contribution in [0.3, 0.4) is 0 Å². The smallest absolute Gasteiger partial charge is 0.341 e. The maximum atomic E-state index is 10.5. The van der Waals surface area contributed by atoms with Crippen molar-refractivity contribution >= 4 is 11.9 Å². The predicted molar refractivity (Wildman–Crippen MR) is 114 cm³/mol. The third kappa shape index (κ3) is 12.8. The minimum Gasteiger partial charge on any atom is -0.496 e. The van der Waals surface area contributed by atoms with E-state index in [-0.39, 0.29) is 12.6 Å². The van der Waals surface area contributed by atoms with E-state index in [2.05, 4.69) is 4.74 Å². The highest BCUT2D eigenvalue weighted by atomic mass is 16.5. The Morgan fingerprint density at radius 1 is 1.04 bits per heavy atom. The molecule has 0 amide bonds. The molecule has 0 aliphatic carbocycles. The van der Waals surface area contributed by atoms with Gasteiger partial charge in [0.25, 0.3) is 0 Å². The van der Waals surface area contributed by atoms with Gasteiger partial charge in [0, 0.05) is 6.08 Å². The maximum absolute atomic E-state index is 10.5. The highest BCUT2D eigenvalue weighted by Crippen LogP contribution is 2.32. The summed E-state index contributed by atoms with van der Waals surface area (Å²) in [6, 6.07) is 1.85. The molecule has 0 saturated heterocycles. The Labute approximate surface area is 170 Å². The molecule has 0 bridgehead atoms. The lowest BCUT2D eigenvalue weighted by molar-refractivity contribution is -0.139. The lowest BCUT2D eigenvalue weighted by Gasteiger charge is -2.15. The van der Waals surface area contributed by atoms with E-state index < -0.39 is 5.97 Å². The molecule has 0 fully saturated rings. The Bertz CT molecular complexity index is 591. The molecule has 1 N–H and O–H groups in total. The summed E-state index contributed by atoms with van der Waals surface area (Å²) in [6.45, 7) is 15.3. The van der Waals surface area contributed by atoms with Crippen LogP contribution < -0.4 is 9.47 Å². The summed E-state index contributed by atoms with van der Waals surface area (Å²) >= 11 is 0. The molecule has 6 nitrogen and oxygen atoms in total. The zero-order valence-electron chi connectivity index (χ0n) is 19.1. The number of esters is 1. The van der Waals surface area contributed by atoms with Crippen LogP contribution >= 0.6 is 0 Å². The molecule has 0 aromatic heterocycles. The molecule has 1 aromatic rings. The van der Waals surface area contributed by atoms with E-state index in [1.165, 1.54) is 13.2 Å². The molecule has 0 heterocycles. The molecule has 1 rings (SSSR count). The normalized spacial score (nSPS) is 8.93. The number of ether oxygens (including phenoxy) is 3. The minimum absolute atomic E-state index is 0.285. The summed E-state index contributed by atoms with van der Waals surface area (Å²) in [5.74, 6) is 0.150. The highest BCUT2D eigenvalue weighted by Gasteiger charge is 2.12. The molecule has 28 heavy (non-hydrogen) atoms. The monoisotopic (exact) mass is 398 g/mol. The third-order valence-corrected chi connectivity index (χ3v) is 3.23. The standard InChI is InChI=1S/C12H16O4.C6H10O2.2C2H6/c1-7-5-10(15-4)8(2)9(3)12(7)16-6-11(13)14;1-3-4-5-6(7)8-2;2*1-2/h5H,6H2,1-4H3,(H,13,14);4-5H,3H2,1-2H3;2*1-2H3/b;5-4+;;. The largest absolute Gasteiger partial charge is 0.496 e. The summed E-state index contributed by atoms with van der Waals surface area (Å²) in [4.78, 5) is 20.7. The van der Waals surface area contributed by atoms with Crippen molar-refractivity contribution in [3.05, 3.63) is 34.9 Å². The van der Waals surface area contributed by atoms with Crippen LogP contribution in [0.2, 0.25) is 0 Å². The van der Waals surface area contributed by atoms with E-state index in [1.54, 1.807) is 13.2 Å². The number of carboxylic acids is 1. The van der Waals surface area contributed by atoms with E-state index in [1.807, 2.05) is 61.5 Å². The Hall–Kier alpha value is -2.50. The number of carboxylic acid groups (broad SMARTS) is 1. The second-order valence-corrected chi connectivity index (χ2v) is 4.99. The fourth-order valence-corrected chi connectivity index (χ4v) is 1.87. The molecular formula is C22H38O6. The van der Waals surface area contributed by atoms with Gasteiger partial charge >= 0.3 is 11.9 Å². The first-order valence-corrected chi connectivity index (χ1v) is 9.52. The zero-order chi connectivity index (χ0) is 22.7. The van der Waals surface area contributed by atoms with Gasteiger partial charge in [-0.1, -0.05) is 40.7 Å². The van der Waals surface area contributed by atoms with Crippen LogP contribution in [0.25, 0.3) is 0 Å². The fourth-order valence-electron chi connectivity index (χ4n) is 1.87. The summed E-state index contributed by atoms with van der Waals surface area (Å²) in [5.41, 5.74) is 2.76. The van der Waals surface area contributed by atoms with Gasteiger partial charge in [-0.3, -0.25) is 0 Å². The Morgan fingerprint density at radius 2 is 1.57 bits per heavy atom. The molecule has 0 unspecified atom stereocenters. The van der Waals surface area contributed by atoms with Crippen molar-refractivity contribution in [1.82, 2.24) is 0 Å². The first-order valence-electron chi connectivity index (χ1n) is 9.52. The van der Waals surface area contributed by atoms with E-state index in [4.69, 9.17) is 14.6 Å². The molecule has 0 aliphatic heterocycles. The van der Waals surface area contributed by atoms with Crippen molar-refractivity contribution in [1.29, 1.82) is 0 Å². The van der Waals surface area contributed by atoms with Crippen LogP contribution in [0, 0.1) is 20.8 Å². The number of benzene rings is 1. The molecular weight excluding hydrogens is 360 g/mol. The van der Waals surface area contributed by atoms with E-state index in [9.17, 15) is 9.59 Å². The van der Waals surface area contributed by atoms with Crippen molar-refractivity contribution in [2.45, 2.75) is 61.8 Å². The van der Waals surface area contributed by atoms with E-state index in [0.29, 0.717) is 5.75 Å². The van der Waals surface area contributed by atoms with Crippen LogP contribution in [0.5, 0.6) is 11.5 Å². The molecule has 0 radical (unpaired) electrons. The van der Waals surface area contributed by atoms with Gasteiger partial charge in [-0.15, -0.1) is 0 Å². The molecule has 0 saturated carbocycles. The summed E-state index contributed by atoms with van der Waals surface area (Å²) in [6.07, 6.45) is 4.04. The quantitative estimate of drug-likeness (QED) is 0.520. The first-order chi connectivity index (χ1) is 13.3. The predicted octanol–water partition coefficient (Wildman–Crippen LogP) is 5.26. The van der Waals surface area contributed by atoms with Gasteiger partial charge in [-0.2, -0.15) is 0 Å². The average Bonchev–Trinajstić information content (AvgIpc) is 2.71. The lowest BCUT2D eigenvalue weighted by atomic mass is 10.0. The molecule has 162 valence electrons. The lowest BCUT2D eigenvalue weighted by Crippen LogP contribution is -2.11. The first kappa shape index (κ1) is 30.2. The van der Waals surface area contributed by atoms with Crippen LogP contribution in [-0.2, 0) is 14.3 Å². The molecule has 1 aromatic carbocycles. The number of aliphatic carboxylic acids is 1. The SMILES string of the molecule is CC.CC.CC/C=C/C(=O)OC.COc1cc(C)c(OCC(=O)O)c(C)c1C. The van der Waals surface area contributed by atoms with Crippen molar-refractivity contribution in [3.8, 4) is 11.5 Å². The maximum Gasteiger partial charge on any atom is 0.341 e. The highest BCUT2D eigenvalue weighted by molar-refractivity contribution is 5.81. The second kappa shape index (κ2) is 19.3. The van der Waals surface area contributed by atoms with Crippen LogP contribution in [0.1, 0.15) is 57.7 Å². The Kier molecular flexibility index (Phi) is 20.8. The number of allylic oxidation sites excluding steroid dienone is 1. The van der Waals surface area contributed by atoms with Crippen molar-refractivity contribution in [2.24, 2.45) is 0 Å². The van der Waals surface area contributed by atoms with Gasteiger partial charge in [-0.25, -0.2) is 9.59 Å². The van der Waals surface area contributed by atoms with Crippen LogP contribution in [0.4, 0.5) is 0 Å². The van der Waals surface area contributed by atoms with Crippen molar-refractivity contribution in [3.63, 3.8) is 0 Å². The number of aryl methyl sites for hydroxylation is 1. The number of hydrogen-bond acceptors (Lipinski definition) is 5.